The molecule has 0 saturated carbocycles. The van der Waals surface area contributed by atoms with E-state index in [-0.39, 0.29) is 5.95 Å². The van der Waals surface area contributed by atoms with Gasteiger partial charge >= 0.3 is 0 Å². The minimum absolute atomic E-state index is 0.272. The first-order chi connectivity index (χ1) is 12.5. The fourth-order valence-corrected chi connectivity index (χ4v) is 2.50. The number of pyridine rings is 1. The van der Waals surface area contributed by atoms with Gasteiger partial charge in [-0.3, -0.25) is 4.98 Å². The van der Waals surface area contributed by atoms with Crippen molar-refractivity contribution in [1.82, 2.24) is 25.2 Å². The molecule has 3 rings (SSSR count). The quantitative estimate of drug-likeness (QED) is 0.562. The van der Waals surface area contributed by atoms with E-state index in [1.54, 1.807) is 0 Å². The van der Waals surface area contributed by atoms with Crippen LogP contribution in [0.15, 0.2) is 52.7 Å². The Morgan fingerprint density at radius 1 is 1.04 bits per heavy atom. The molecule has 0 radical (unpaired) electrons. The van der Waals surface area contributed by atoms with E-state index in [2.05, 4.69) is 30.7 Å². The highest BCUT2D eigenvalue weighted by Crippen LogP contribution is 2.13. The van der Waals surface area contributed by atoms with E-state index in [0.29, 0.717) is 6.54 Å². The third-order valence-corrected chi connectivity index (χ3v) is 3.90. The number of anilines is 1. The fraction of sp³-hybridized carbons (Fsp3) is 0.222. The zero-order valence-electron chi connectivity index (χ0n) is 15.0. The summed E-state index contributed by atoms with van der Waals surface area (Å²) in [6.07, 6.45) is 0. The topological polar surface area (TPSA) is 107 Å². The smallest absolute Gasteiger partial charge is 0.240 e. The molecular formula is C18H20N8. The van der Waals surface area contributed by atoms with Gasteiger partial charge in [-0.15, -0.1) is 0 Å². The third-order valence-electron chi connectivity index (χ3n) is 3.90. The van der Waals surface area contributed by atoms with Gasteiger partial charge in [0, 0.05) is 11.3 Å². The zero-order chi connectivity index (χ0) is 18.5. The van der Waals surface area contributed by atoms with Crippen molar-refractivity contribution in [3.63, 3.8) is 0 Å². The van der Waals surface area contributed by atoms with Crippen molar-refractivity contribution in [3.05, 3.63) is 65.0 Å². The van der Waals surface area contributed by atoms with Crippen LogP contribution >= 0.6 is 0 Å². The van der Waals surface area contributed by atoms with Crippen LogP contribution in [0.25, 0.3) is 0 Å². The summed E-state index contributed by atoms with van der Waals surface area (Å²) in [6.45, 7) is 6.23. The van der Waals surface area contributed by atoms with Crippen LogP contribution < -0.4 is 5.73 Å². The van der Waals surface area contributed by atoms with Crippen molar-refractivity contribution >= 4 is 17.4 Å². The summed E-state index contributed by atoms with van der Waals surface area (Å²) < 4.78 is 1.54. The maximum absolute atomic E-state index is 5.76. The number of hydrogen-bond donors (Lipinski definition) is 1. The third kappa shape index (κ3) is 3.97. The summed E-state index contributed by atoms with van der Waals surface area (Å²) >= 11 is 0. The minimum Gasteiger partial charge on any atom is -0.367 e. The first-order valence-electron chi connectivity index (χ1n) is 8.17. The van der Waals surface area contributed by atoms with E-state index in [9.17, 15) is 0 Å². The molecule has 0 aliphatic heterocycles. The first kappa shape index (κ1) is 17.4. The Morgan fingerprint density at radius 2 is 1.81 bits per heavy atom. The second kappa shape index (κ2) is 7.64. The number of aromatic nitrogens is 5. The van der Waals surface area contributed by atoms with E-state index in [4.69, 9.17) is 5.73 Å². The Morgan fingerprint density at radius 3 is 2.54 bits per heavy atom. The van der Waals surface area contributed by atoms with Crippen LogP contribution in [0.1, 0.15) is 36.4 Å². The van der Waals surface area contributed by atoms with Gasteiger partial charge in [-0.05, 0) is 48.9 Å². The highest BCUT2D eigenvalue weighted by molar-refractivity contribution is 6.01. The molecule has 26 heavy (non-hydrogen) atoms. The van der Waals surface area contributed by atoms with Crippen LogP contribution in [-0.2, 0) is 6.54 Å². The van der Waals surface area contributed by atoms with Gasteiger partial charge in [0.1, 0.15) is 0 Å². The number of nitrogens with zero attached hydrogens (tertiary/aromatic N) is 7. The number of benzene rings is 1. The highest BCUT2D eigenvalue weighted by atomic mass is 15.6. The molecule has 0 atom stereocenters. The molecule has 0 saturated heterocycles. The van der Waals surface area contributed by atoms with Crippen molar-refractivity contribution in [2.24, 2.45) is 10.2 Å². The molecule has 8 nitrogen and oxygen atoms in total. The summed E-state index contributed by atoms with van der Waals surface area (Å²) in [7, 11) is 0. The average Bonchev–Trinajstić information content (AvgIpc) is 3.04. The predicted molar refractivity (Wildman–Crippen MR) is 101 cm³/mol. The molecular weight excluding hydrogens is 328 g/mol. The zero-order valence-corrected chi connectivity index (χ0v) is 15.0. The Bertz CT molecular complexity index is 971. The molecule has 0 unspecified atom stereocenters. The number of aryl methyl sites for hydroxylation is 1. The van der Waals surface area contributed by atoms with Gasteiger partial charge in [0.2, 0.25) is 5.95 Å². The normalized spacial score (nSPS) is 12.4. The highest BCUT2D eigenvalue weighted by Gasteiger charge is 2.09. The Hall–Kier alpha value is -3.42. The molecule has 1 aromatic carbocycles. The number of nitrogens with two attached hydrogens (primary N) is 1. The van der Waals surface area contributed by atoms with Gasteiger partial charge in [-0.25, -0.2) is 4.68 Å². The van der Waals surface area contributed by atoms with Crippen molar-refractivity contribution in [3.8, 4) is 0 Å². The van der Waals surface area contributed by atoms with Gasteiger partial charge in [0.25, 0.3) is 0 Å². The van der Waals surface area contributed by atoms with E-state index >= 15 is 0 Å². The number of tetrazole rings is 1. The molecule has 0 fully saturated rings. The Kier molecular flexibility index (Phi) is 5.12. The summed E-state index contributed by atoms with van der Waals surface area (Å²) in [5.74, 6) is 0.272. The molecule has 2 heterocycles. The summed E-state index contributed by atoms with van der Waals surface area (Å²) in [6, 6.07) is 13.7. The molecule has 0 aliphatic rings. The summed E-state index contributed by atoms with van der Waals surface area (Å²) in [5, 5.41) is 19.9. The minimum atomic E-state index is 0.272. The monoisotopic (exact) mass is 348 g/mol. The van der Waals surface area contributed by atoms with Crippen LogP contribution in [-0.4, -0.2) is 36.6 Å². The van der Waals surface area contributed by atoms with E-state index in [1.165, 1.54) is 4.68 Å². The van der Waals surface area contributed by atoms with Gasteiger partial charge < -0.3 is 5.73 Å². The predicted octanol–water partition coefficient (Wildman–Crippen LogP) is 2.24. The van der Waals surface area contributed by atoms with Gasteiger partial charge in [0.15, 0.2) is 0 Å². The van der Waals surface area contributed by atoms with Gasteiger partial charge in [0.05, 0.1) is 23.7 Å². The summed E-state index contributed by atoms with van der Waals surface area (Å²) in [4.78, 5) is 4.46. The van der Waals surface area contributed by atoms with Crippen LogP contribution in [0.2, 0.25) is 0 Å². The molecule has 2 aromatic heterocycles. The van der Waals surface area contributed by atoms with Crippen molar-refractivity contribution in [2.45, 2.75) is 27.3 Å². The number of hydrogen-bond acceptors (Lipinski definition) is 7. The molecule has 3 aromatic rings. The van der Waals surface area contributed by atoms with Gasteiger partial charge in [-0.1, -0.05) is 35.4 Å². The second-order valence-corrected chi connectivity index (χ2v) is 5.89. The average molecular weight is 348 g/mol. The molecule has 132 valence electrons. The molecule has 0 amide bonds. The van der Waals surface area contributed by atoms with Crippen molar-refractivity contribution in [2.75, 3.05) is 5.73 Å². The SMILES string of the molecule is CC(=NN=C(C)c1ccccc1Cn1nnnc1N)c1cccc(C)n1. The first-order valence-corrected chi connectivity index (χ1v) is 8.17. The molecule has 0 bridgehead atoms. The second-order valence-electron chi connectivity index (χ2n) is 5.89. The summed E-state index contributed by atoms with van der Waals surface area (Å²) in [5.41, 5.74) is 11.0. The van der Waals surface area contributed by atoms with Crippen LogP contribution in [0.4, 0.5) is 5.95 Å². The lowest BCUT2D eigenvalue weighted by Crippen LogP contribution is -2.10. The number of rotatable bonds is 5. The van der Waals surface area contributed by atoms with Crippen LogP contribution in [0.5, 0.6) is 0 Å². The van der Waals surface area contributed by atoms with Crippen LogP contribution in [0.3, 0.4) is 0 Å². The lowest BCUT2D eigenvalue weighted by molar-refractivity contribution is 0.654. The van der Waals surface area contributed by atoms with E-state index < -0.39 is 0 Å². The molecule has 2 N–H and O–H groups in total. The molecule has 8 heteroatoms. The van der Waals surface area contributed by atoms with Crippen LogP contribution in [0, 0.1) is 6.92 Å². The Labute approximate surface area is 151 Å². The standard InChI is InChI=1S/C18H20N8/c1-12-7-6-10-17(20-12)14(3)22-21-13(2)16-9-5-4-8-15(16)11-26-18(19)23-24-25-26/h4-10H,11H2,1-3H3,(H2,19,23,25). The Balaban J connectivity index is 1.87. The molecule has 0 aliphatic carbocycles. The fourth-order valence-electron chi connectivity index (χ4n) is 2.50. The van der Waals surface area contributed by atoms with Crippen molar-refractivity contribution in [1.29, 1.82) is 0 Å². The van der Waals surface area contributed by atoms with Crippen molar-refractivity contribution < 1.29 is 0 Å². The maximum atomic E-state index is 5.76. The lowest BCUT2D eigenvalue weighted by Gasteiger charge is -2.08. The van der Waals surface area contributed by atoms with E-state index in [0.717, 1.165) is 33.9 Å². The van der Waals surface area contributed by atoms with Gasteiger partial charge in [-0.2, -0.15) is 10.2 Å². The number of nitrogen functional groups attached to an aromatic ring is 1. The molecule has 0 spiro atoms. The largest absolute Gasteiger partial charge is 0.367 e. The maximum Gasteiger partial charge on any atom is 0.240 e. The lowest BCUT2D eigenvalue weighted by atomic mass is 10.0. The van der Waals surface area contributed by atoms with E-state index in [1.807, 2.05) is 63.2 Å².